The number of rotatable bonds is 3. The Balaban J connectivity index is 2.46. The zero-order valence-electron chi connectivity index (χ0n) is 9.89. The molecule has 1 N–H and O–H groups in total. The number of hydrogen-bond acceptors (Lipinski definition) is 3. The summed E-state index contributed by atoms with van der Waals surface area (Å²) in [5.41, 5.74) is 0.460. The van der Waals surface area contributed by atoms with E-state index in [-0.39, 0.29) is 0 Å². The standard InChI is InChI=1S/C13H8F3NO3/c14-13(15,16)20-11-4-3-8(6-10(11)12(18)19)9-2-1-5-17-7-9/h1-7H,(H,18,19). The Bertz CT molecular complexity index is 627. The molecule has 7 heteroatoms. The van der Waals surface area contributed by atoms with Gasteiger partial charge in [-0.3, -0.25) is 4.98 Å². The van der Waals surface area contributed by atoms with Crippen molar-refractivity contribution in [3.05, 3.63) is 48.3 Å². The lowest BCUT2D eigenvalue weighted by molar-refractivity contribution is -0.274. The number of ether oxygens (including phenoxy) is 1. The summed E-state index contributed by atoms with van der Waals surface area (Å²) in [6.07, 6.45) is -1.94. The SMILES string of the molecule is O=C(O)c1cc(-c2cccnc2)ccc1OC(F)(F)F. The van der Waals surface area contributed by atoms with Crippen molar-refractivity contribution in [2.75, 3.05) is 0 Å². The molecule has 1 heterocycles. The Kier molecular flexibility index (Phi) is 3.60. The van der Waals surface area contributed by atoms with Gasteiger partial charge in [-0.25, -0.2) is 4.79 Å². The second kappa shape index (κ2) is 5.20. The van der Waals surface area contributed by atoms with Crippen LogP contribution in [0.5, 0.6) is 5.75 Å². The number of aromatic nitrogens is 1. The van der Waals surface area contributed by atoms with Crippen molar-refractivity contribution < 1.29 is 27.8 Å². The largest absolute Gasteiger partial charge is 0.573 e. The van der Waals surface area contributed by atoms with Gasteiger partial charge in [0.05, 0.1) is 0 Å². The van der Waals surface area contributed by atoms with Gasteiger partial charge in [0.1, 0.15) is 11.3 Å². The van der Waals surface area contributed by atoms with Crippen LogP contribution in [0.3, 0.4) is 0 Å². The van der Waals surface area contributed by atoms with Gasteiger partial charge in [0, 0.05) is 18.0 Å². The molecule has 0 amide bonds. The maximum Gasteiger partial charge on any atom is 0.573 e. The molecule has 0 aliphatic carbocycles. The number of benzene rings is 1. The third-order valence-corrected chi connectivity index (χ3v) is 2.43. The fourth-order valence-corrected chi connectivity index (χ4v) is 1.62. The lowest BCUT2D eigenvalue weighted by Gasteiger charge is -2.12. The van der Waals surface area contributed by atoms with E-state index in [1.54, 1.807) is 12.1 Å². The molecule has 0 spiro atoms. The van der Waals surface area contributed by atoms with Gasteiger partial charge in [0.15, 0.2) is 0 Å². The first-order chi connectivity index (χ1) is 9.37. The molecule has 20 heavy (non-hydrogen) atoms. The zero-order valence-corrected chi connectivity index (χ0v) is 9.89. The summed E-state index contributed by atoms with van der Waals surface area (Å²) in [4.78, 5) is 14.9. The fraction of sp³-hybridized carbons (Fsp3) is 0.0769. The number of carboxylic acid groups (broad SMARTS) is 1. The van der Waals surface area contributed by atoms with Crippen molar-refractivity contribution >= 4 is 5.97 Å². The molecule has 4 nitrogen and oxygen atoms in total. The summed E-state index contributed by atoms with van der Waals surface area (Å²) in [7, 11) is 0. The number of hydrogen-bond donors (Lipinski definition) is 1. The first-order valence-electron chi connectivity index (χ1n) is 5.40. The van der Waals surface area contributed by atoms with Crippen molar-refractivity contribution in [3.8, 4) is 16.9 Å². The minimum atomic E-state index is -4.94. The van der Waals surface area contributed by atoms with Gasteiger partial charge >= 0.3 is 12.3 Å². The molecule has 0 radical (unpaired) electrons. The average molecular weight is 283 g/mol. The van der Waals surface area contributed by atoms with E-state index < -0.39 is 23.6 Å². The van der Waals surface area contributed by atoms with Crippen LogP contribution in [0.2, 0.25) is 0 Å². The summed E-state index contributed by atoms with van der Waals surface area (Å²) >= 11 is 0. The first kappa shape index (κ1) is 13.9. The molecule has 1 aromatic heterocycles. The van der Waals surface area contributed by atoms with Gasteiger partial charge in [-0.2, -0.15) is 0 Å². The summed E-state index contributed by atoms with van der Waals surface area (Å²) in [6, 6.07) is 6.72. The number of nitrogens with zero attached hydrogens (tertiary/aromatic N) is 1. The number of halogens is 3. The molecule has 2 aromatic rings. The van der Waals surface area contributed by atoms with E-state index in [4.69, 9.17) is 5.11 Å². The highest BCUT2D eigenvalue weighted by molar-refractivity contribution is 5.92. The number of carboxylic acids is 1. The third-order valence-electron chi connectivity index (χ3n) is 2.43. The average Bonchev–Trinajstić information content (AvgIpc) is 2.38. The van der Waals surface area contributed by atoms with Crippen molar-refractivity contribution in [2.24, 2.45) is 0 Å². The number of aromatic carboxylic acids is 1. The summed E-state index contributed by atoms with van der Waals surface area (Å²) in [6.45, 7) is 0. The maximum absolute atomic E-state index is 12.2. The normalized spacial score (nSPS) is 11.2. The molecule has 0 aliphatic rings. The molecule has 104 valence electrons. The Hall–Kier alpha value is -2.57. The van der Waals surface area contributed by atoms with Gasteiger partial charge in [-0.1, -0.05) is 12.1 Å². The number of carbonyl (C=O) groups is 1. The van der Waals surface area contributed by atoms with Crippen LogP contribution in [0.15, 0.2) is 42.7 Å². The van der Waals surface area contributed by atoms with E-state index in [1.165, 1.54) is 18.5 Å². The third kappa shape index (κ3) is 3.25. The van der Waals surface area contributed by atoms with Crippen molar-refractivity contribution in [3.63, 3.8) is 0 Å². The van der Waals surface area contributed by atoms with Gasteiger partial charge in [-0.05, 0) is 23.8 Å². The van der Waals surface area contributed by atoms with E-state index in [0.717, 1.165) is 12.1 Å². The van der Waals surface area contributed by atoms with Crippen LogP contribution in [0, 0.1) is 0 Å². The van der Waals surface area contributed by atoms with Gasteiger partial charge in [0.25, 0.3) is 0 Å². The highest BCUT2D eigenvalue weighted by Crippen LogP contribution is 2.30. The van der Waals surface area contributed by atoms with E-state index in [0.29, 0.717) is 11.1 Å². The summed E-state index contributed by atoms with van der Waals surface area (Å²) in [5.74, 6) is -2.26. The smallest absolute Gasteiger partial charge is 0.478 e. The molecule has 0 atom stereocenters. The molecule has 0 fully saturated rings. The fourth-order valence-electron chi connectivity index (χ4n) is 1.62. The number of pyridine rings is 1. The summed E-state index contributed by atoms with van der Waals surface area (Å²) in [5, 5.41) is 8.97. The Morgan fingerprint density at radius 2 is 1.95 bits per heavy atom. The van der Waals surface area contributed by atoms with Gasteiger partial charge in [-0.15, -0.1) is 13.2 Å². The molecule has 2 rings (SSSR count). The van der Waals surface area contributed by atoms with Crippen LogP contribution in [-0.4, -0.2) is 22.4 Å². The quantitative estimate of drug-likeness (QED) is 0.938. The minimum absolute atomic E-state index is 0.435. The Labute approximate surface area is 111 Å². The van der Waals surface area contributed by atoms with E-state index >= 15 is 0 Å². The highest BCUT2D eigenvalue weighted by atomic mass is 19.4. The lowest BCUT2D eigenvalue weighted by Crippen LogP contribution is -2.19. The van der Waals surface area contributed by atoms with Crippen LogP contribution < -0.4 is 4.74 Å². The molecule has 0 saturated carbocycles. The van der Waals surface area contributed by atoms with E-state index in [9.17, 15) is 18.0 Å². The zero-order chi connectivity index (χ0) is 14.8. The van der Waals surface area contributed by atoms with Crippen molar-refractivity contribution in [1.82, 2.24) is 4.98 Å². The molecule has 0 saturated heterocycles. The lowest BCUT2D eigenvalue weighted by atomic mass is 10.0. The topological polar surface area (TPSA) is 59.4 Å². The van der Waals surface area contributed by atoms with Crippen LogP contribution in [0.25, 0.3) is 11.1 Å². The molecular weight excluding hydrogens is 275 g/mol. The Morgan fingerprint density at radius 3 is 2.50 bits per heavy atom. The van der Waals surface area contributed by atoms with Gasteiger partial charge in [0.2, 0.25) is 0 Å². The van der Waals surface area contributed by atoms with E-state index in [2.05, 4.69) is 9.72 Å². The predicted octanol–water partition coefficient (Wildman–Crippen LogP) is 3.35. The van der Waals surface area contributed by atoms with Crippen LogP contribution in [-0.2, 0) is 0 Å². The predicted molar refractivity (Wildman–Crippen MR) is 63.3 cm³/mol. The van der Waals surface area contributed by atoms with Crippen molar-refractivity contribution in [1.29, 1.82) is 0 Å². The molecule has 0 bridgehead atoms. The second-order valence-corrected chi connectivity index (χ2v) is 3.81. The molecule has 0 unspecified atom stereocenters. The monoisotopic (exact) mass is 283 g/mol. The van der Waals surface area contributed by atoms with Gasteiger partial charge < -0.3 is 9.84 Å². The highest BCUT2D eigenvalue weighted by Gasteiger charge is 2.33. The maximum atomic E-state index is 12.2. The van der Waals surface area contributed by atoms with E-state index in [1.807, 2.05) is 0 Å². The molecule has 1 aromatic carbocycles. The Morgan fingerprint density at radius 1 is 1.20 bits per heavy atom. The molecule has 0 aliphatic heterocycles. The minimum Gasteiger partial charge on any atom is -0.478 e. The van der Waals surface area contributed by atoms with Crippen LogP contribution in [0.4, 0.5) is 13.2 Å². The summed E-state index contributed by atoms with van der Waals surface area (Å²) < 4.78 is 40.2. The van der Waals surface area contributed by atoms with Crippen LogP contribution in [0.1, 0.15) is 10.4 Å². The van der Waals surface area contributed by atoms with Crippen molar-refractivity contribution in [2.45, 2.75) is 6.36 Å². The number of alkyl halides is 3. The second-order valence-electron chi connectivity index (χ2n) is 3.81. The first-order valence-corrected chi connectivity index (χ1v) is 5.40. The van der Waals surface area contributed by atoms with Crippen LogP contribution >= 0.6 is 0 Å². The molecular formula is C13H8F3NO3.